The Bertz CT molecular complexity index is 309. The molecule has 0 unspecified atom stereocenters. The second kappa shape index (κ2) is 4.05. The molecule has 0 aromatic carbocycles. The summed E-state index contributed by atoms with van der Waals surface area (Å²) in [7, 11) is -4.08. The number of ether oxygens (including phenoxy) is 1. The van der Waals surface area contributed by atoms with E-state index in [-0.39, 0.29) is 25.6 Å². The molecule has 0 amide bonds. The van der Waals surface area contributed by atoms with Gasteiger partial charge in [0.1, 0.15) is 6.10 Å². The lowest BCUT2D eigenvalue weighted by atomic mass is 9.99. The molecule has 6 nitrogen and oxygen atoms in total. The van der Waals surface area contributed by atoms with Gasteiger partial charge in [0.25, 0.3) is 0 Å². The smallest absolute Gasteiger partial charge is 0.331 e. The van der Waals surface area contributed by atoms with Crippen LogP contribution in [0.1, 0.15) is 25.7 Å². The highest BCUT2D eigenvalue weighted by Gasteiger charge is 2.58. The second-order valence-electron chi connectivity index (χ2n) is 4.80. The topological polar surface area (TPSA) is 107 Å². The minimum Gasteiger partial charge on any atom is -0.390 e. The summed E-state index contributed by atoms with van der Waals surface area (Å²) in [6.07, 6.45) is -0.587. The fourth-order valence-electron chi connectivity index (χ4n) is 2.16. The Balaban J connectivity index is 1.94. The predicted octanol–water partition coefficient (Wildman–Crippen LogP) is -0.403. The first-order valence-corrected chi connectivity index (χ1v) is 6.99. The van der Waals surface area contributed by atoms with Gasteiger partial charge in [0.05, 0.1) is 24.0 Å². The van der Waals surface area contributed by atoms with Crippen LogP contribution in [-0.2, 0) is 9.30 Å². The van der Waals surface area contributed by atoms with E-state index in [2.05, 4.69) is 0 Å². The molecule has 0 spiro atoms. The summed E-state index contributed by atoms with van der Waals surface area (Å²) in [6.45, 7) is 0.0308. The third-order valence-electron chi connectivity index (χ3n) is 3.50. The molecule has 0 bridgehead atoms. The van der Waals surface area contributed by atoms with Crippen molar-refractivity contribution in [1.29, 1.82) is 0 Å². The van der Waals surface area contributed by atoms with Crippen LogP contribution < -0.4 is 0 Å². The highest BCUT2D eigenvalue weighted by molar-refractivity contribution is 7.54. The van der Waals surface area contributed by atoms with Crippen molar-refractivity contribution >= 4 is 7.60 Å². The Morgan fingerprint density at radius 3 is 2.31 bits per heavy atom. The monoisotopic (exact) mass is 252 g/mol. The minimum absolute atomic E-state index is 0.0308. The van der Waals surface area contributed by atoms with Crippen molar-refractivity contribution in [3.63, 3.8) is 0 Å². The van der Waals surface area contributed by atoms with Crippen molar-refractivity contribution < 1.29 is 29.3 Å². The highest BCUT2D eigenvalue weighted by atomic mass is 31.2. The molecular weight excluding hydrogens is 235 g/mol. The molecule has 94 valence electrons. The van der Waals surface area contributed by atoms with E-state index in [1.165, 1.54) is 0 Å². The van der Waals surface area contributed by atoms with E-state index in [4.69, 9.17) is 4.74 Å². The number of hydrogen-bond acceptors (Lipinski definition) is 4. The zero-order valence-electron chi connectivity index (χ0n) is 8.82. The van der Waals surface area contributed by atoms with Gasteiger partial charge >= 0.3 is 7.60 Å². The first kappa shape index (κ1) is 12.5. The molecule has 0 radical (unpaired) electrons. The minimum atomic E-state index is -4.08. The Morgan fingerprint density at radius 2 is 1.88 bits per heavy atom. The van der Waals surface area contributed by atoms with Crippen molar-refractivity contribution in [3.8, 4) is 0 Å². The molecule has 1 saturated carbocycles. The van der Waals surface area contributed by atoms with Crippen molar-refractivity contribution in [1.82, 2.24) is 0 Å². The van der Waals surface area contributed by atoms with Crippen LogP contribution in [0.4, 0.5) is 0 Å². The van der Waals surface area contributed by atoms with Crippen LogP contribution in [-0.4, -0.2) is 50.1 Å². The lowest BCUT2D eigenvalue weighted by Gasteiger charge is -2.32. The number of aliphatic hydroxyl groups is 2. The molecule has 2 fully saturated rings. The summed E-state index contributed by atoms with van der Waals surface area (Å²) in [5.41, 5.74) is 0. The Morgan fingerprint density at radius 1 is 1.25 bits per heavy atom. The molecular formula is C9H17O6P. The molecule has 1 aliphatic heterocycles. The second-order valence-corrected chi connectivity index (χ2v) is 6.83. The largest absolute Gasteiger partial charge is 0.390 e. The zero-order chi connectivity index (χ0) is 12.0. The summed E-state index contributed by atoms with van der Waals surface area (Å²) in [5.74, 6) is 0. The maximum atomic E-state index is 11.3. The number of hydrogen-bond donors (Lipinski definition) is 4. The van der Waals surface area contributed by atoms with E-state index >= 15 is 0 Å². The van der Waals surface area contributed by atoms with Crippen LogP contribution in [0, 0.1) is 0 Å². The van der Waals surface area contributed by atoms with Gasteiger partial charge in [-0.05, 0) is 19.3 Å². The van der Waals surface area contributed by atoms with E-state index in [9.17, 15) is 24.6 Å². The third-order valence-corrected chi connectivity index (χ3v) is 5.37. The summed E-state index contributed by atoms with van der Waals surface area (Å²) < 4.78 is 16.5. The van der Waals surface area contributed by atoms with Crippen molar-refractivity contribution in [2.45, 2.75) is 49.2 Å². The molecule has 7 heteroatoms. The maximum Gasteiger partial charge on any atom is 0.331 e. The average molecular weight is 252 g/mol. The third kappa shape index (κ3) is 2.32. The van der Waals surface area contributed by atoms with E-state index in [1.54, 1.807) is 0 Å². The van der Waals surface area contributed by atoms with Gasteiger partial charge < -0.3 is 24.7 Å². The van der Waals surface area contributed by atoms with Gasteiger partial charge in [-0.3, -0.25) is 4.57 Å². The molecule has 2 rings (SSSR count). The lowest BCUT2D eigenvalue weighted by molar-refractivity contribution is -0.123. The van der Waals surface area contributed by atoms with Crippen LogP contribution in [0.3, 0.4) is 0 Å². The SMILES string of the molecule is O=P(O)(O)C1(C[C@@H]2C[C@H](O)[C@H](O)CO2)CC1. The van der Waals surface area contributed by atoms with Crippen LogP contribution in [0.15, 0.2) is 0 Å². The molecule has 0 aromatic rings. The molecule has 3 atom stereocenters. The highest BCUT2D eigenvalue weighted by Crippen LogP contribution is 2.67. The van der Waals surface area contributed by atoms with E-state index in [0.29, 0.717) is 12.8 Å². The Labute approximate surface area is 93.4 Å². The molecule has 16 heavy (non-hydrogen) atoms. The van der Waals surface area contributed by atoms with Gasteiger partial charge in [-0.15, -0.1) is 0 Å². The average Bonchev–Trinajstić information content (AvgIpc) is 2.91. The van der Waals surface area contributed by atoms with Crippen LogP contribution >= 0.6 is 7.60 Å². The zero-order valence-corrected chi connectivity index (χ0v) is 9.71. The van der Waals surface area contributed by atoms with E-state index in [1.807, 2.05) is 0 Å². The van der Waals surface area contributed by atoms with Gasteiger partial charge in [0, 0.05) is 6.42 Å². The van der Waals surface area contributed by atoms with Gasteiger partial charge in [-0.1, -0.05) is 0 Å². The summed E-state index contributed by atoms with van der Waals surface area (Å²) in [4.78, 5) is 18.4. The fourth-order valence-corrected chi connectivity index (χ4v) is 3.30. The van der Waals surface area contributed by atoms with E-state index < -0.39 is 25.0 Å². The quantitative estimate of drug-likeness (QED) is 0.509. The maximum absolute atomic E-state index is 11.3. The molecule has 1 aliphatic carbocycles. The van der Waals surface area contributed by atoms with Crippen LogP contribution in [0.5, 0.6) is 0 Å². The van der Waals surface area contributed by atoms with Gasteiger partial charge in [0.2, 0.25) is 0 Å². The Kier molecular flexibility index (Phi) is 3.16. The van der Waals surface area contributed by atoms with Crippen LogP contribution in [0.2, 0.25) is 0 Å². The van der Waals surface area contributed by atoms with Gasteiger partial charge in [0.15, 0.2) is 0 Å². The van der Waals surface area contributed by atoms with E-state index in [0.717, 1.165) is 0 Å². The normalized spacial score (nSPS) is 38.4. The number of rotatable bonds is 3. The fraction of sp³-hybridized carbons (Fsp3) is 1.00. The molecule has 1 heterocycles. The molecule has 1 saturated heterocycles. The summed E-state index contributed by atoms with van der Waals surface area (Å²) in [6, 6.07) is 0. The first-order valence-electron chi connectivity index (χ1n) is 5.37. The summed E-state index contributed by atoms with van der Waals surface area (Å²) in [5, 5.41) is 17.8. The van der Waals surface area contributed by atoms with Crippen molar-refractivity contribution in [3.05, 3.63) is 0 Å². The predicted molar refractivity (Wildman–Crippen MR) is 55.0 cm³/mol. The number of aliphatic hydroxyl groups excluding tert-OH is 2. The molecule has 2 aliphatic rings. The van der Waals surface area contributed by atoms with Gasteiger partial charge in [-0.2, -0.15) is 0 Å². The molecule has 0 aromatic heterocycles. The van der Waals surface area contributed by atoms with Gasteiger partial charge in [-0.25, -0.2) is 0 Å². The molecule has 4 N–H and O–H groups in total. The first-order chi connectivity index (χ1) is 7.34. The Hall–Kier alpha value is 0.0300. The summed E-state index contributed by atoms with van der Waals surface area (Å²) >= 11 is 0. The standard InChI is InChI=1S/C9H17O6P/c10-7-3-6(15-5-8(7)11)4-9(1-2-9)16(12,13)14/h6-8,10-11H,1-5H2,(H2,12,13,14)/t6-,7-,8+/m0/s1. The lowest BCUT2D eigenvalue weighted by Crippen LogP contribution is -2.42. The van der Waals surface area contributed by atoms with Crippen LogP contribution in [0.25, 0.3) is 0 Å². The van der Waals surface area contributed by atoms with Crippen molar-refractivity contribution in [2.75, 3.05) is 6.61 Å². The van der Waals surface area contributed by atoms with Crippen molar-refractivity contribution in [2.24, 2.45) is 0 Å².